The van der Waals surface area contributed by atoms with Crippen molar-refractivity contribution in [3.05, 3.63) is 39.8 Å². The van der Waals surface area contributed by atoms with Crippen molar-refractivity contribution in [1.29, 1.82) is 0 Å². The third kappa shape index (κ3) is 2.33. The van der Waals surface area contributed by atoms with E-state index in [1.165, 1.54) is 4.88 Å². The van der Waals surface area contributed by atoms with Gasteiger partial charge in [0.1, 0.15) is 5.01 Å². The number of nitrogens with zero attached hydrogens (tertiary/aromatic N) is 2. The molecule has 0 unspecified atom stereocenters. The SMILES string of the molecule is Cc1nc(CN2CC(=O)Nc3ccccc32)sc1C. The van der Waals surface area contributed by atoms with Gasteiger partial charge in [-0.25, -0.2) is 4.98 Å². The molecule has 98 valence electrons. The highest BCUT2D eigenvalue weighted by atomic mass is 32.1. The molecule has 0 fully saturated rings. The molecule has 1 aliphatic heterocycles. The van der Waals surface area contributed by atoms with E-state index in [-0.39, 0.29) is 5.91 Å². The van der Waals surface area contributed by atoms with Crippen LogP contribution in [0.5, 0.6) is 0 Å². The van der Waals surface area contributed by atoms with Crippen molar-refractivity contribution in [2.45, 2.75) is 20.4 Å². The van der Waals surface area contributed by atoms with Crippen LogP contribution >= 0.6 is 11.3 Å². The molecule has 2 heterocycles. The van der Waals surface area contributed by atoms with Crippen LogP contribution in [0, 0.1) is 13.8 Å². The molecule has 1 aliphatic rings. The van der Waals surface area contributed by atoms with E-state index in [2.05, 4.69) is 22.1 Å². The molecule has 0 saturated carbocycles. The van der Waals surface area contributed by atoms with Crippen molar-refractivity contribution < 1.29 is 4.79 Å². The largest absolute Gasteiger partial charge is 0.354 e. The third-order valence-corrected chi connectivity index (χ3v) is 4.31. The Morgan fingerprint density at radius 2 is 2.16 bits per heavy atom. The Kier molecular flexibility index (Phi) is 2.98. The topological polar surface area (TPSA) is 45.2 Å². The average molecular weight is 273 g/mol. The lowest BCUT2D eigenvalue weighted by Gasteiger charge is -2.30. The Morgan fingerprint density at radius 1 is 1.37 bits per heavy atom. The number of fused-ring (bicyclic) bond motifs is 1. The maximum absolute atomic E-state index is 11.7. The van der Waals surface area contributed by atoms with E-state index in [0.29, 0.717) is 13.1 Å². The molecular formula is C14H15N3OS. The van der Waals surface area contributed by atoms with Crippen molar-refractivity contribution in [2.24, 2.45) is 0 Å². The Balaban J connectivity index is 1.91. The Hall–Kier alpha value is -1.88. The molecule has 2 aromatic rings. The lowest BCUT2D eigenvalue weighted by Crippen LogP contribution is -2.37. The second-order valence-electron chi connectivity index (χ2n) is 4.67. The van der Waals surface area contributed by atoms with Crippen LogP contribution in [0.2, 0.25) is 0 Å². The van der Waals surface area contributed by atoms with Crippen LogP contribution in [0.15, 0.2) is 24.3 Å². The zero-order valence-electron chi connectivity index (χ0n) is 10.9. The van der Waals surface area contributed by atoms with Crippen LogP contribution in [-0.2, 0) is 11.3 Å². The predicted molar refractivity (Wildman–Crippen MR) is 77.7 cm³/mol. The van der Waals surface area contributed by atoms with Crippen LogP contribution < -0.4 is 10.2 Å². The van der Waals surface area contributed by atoms with Gasteiger partial charge in [-0.2, -0.15) is 0 Å². The Morgan fingerprint density at radius 3 is 2.89 bits per heavy atom. The highest BCUT2D eigenvalue weighted by molar-refractivity contribution is 7.11. The average Bonchev–Trinajstić information content (AvgIpc) is 2.68. The Labute approximate surface area is 116 Å². The van der Waals surface area contributed by atoms with E-state index >= 15 is 0 Å². The first-order valence-electron chi connectivity index (χ1n) is 6.20. The first kappa shape index (κ1) is 12.2. The zero-order valence-corrected chi connectivity index (χ0v) is 11.8. The van der Waals surface area contributed by atoms with Gasteiger partial charge < -0.3 is 10.2 Å². The molecule has 0 radical (unpaired) electrons. The number of amides is 1. The van der Waals surface area contributed by atoms with E-state index in [4.69, 9.17) is 0 Å². The normalized spacial score (nSPS) is 14.2. The van der Waals surface area contributed by atoms with Gasteiger partial charge in [-0.1, -0.05) is 12.1 Å². The third-order valence-electron chi connectivity index (χ3n) is 3.25. The smallest absolute Gasteiger partial charge is 0.243 e. The molecule has 1 aromatic heterocycles. The van der Waals surface area contributed by atoms with Gasteiger partial charge in [0.15, 0.2) is 0 Å². The number of carbonyl (C=O) groups excluding carboxylic acids is 1. The van der Waals surface area contributed by atoms with Gasteiger partial charge in [0.2, 0.25) is 5.91 Å². The molecule has 1 aromatic carbocycles. The predicted octanol–water partition coefficient (Wildman–Crippen LogP) is 2.72. The lowest BCUT2D eigenvalue weighted by atomic mass is 10.2. The molecule has 0 bridgehead atoms. The van der Waals surface area contributed by atoms with E-state index in [1.807, 2.05) is 31.2 Å². The highest BCUT2D eigenvalue weighted by Gasteiger charge is 2.22. The molecule has 4 nitrogen and oxygen atoms in total. The molecule has 1 N–H and O–H groups in total. The maximum atomic E-state index is 11.7. The quantitative estimate of drug-likeness (QED) is 0.915. The second kappa shape index (κ2) is 4.66. The number of thiazole rings is 1. The van der Waals surface area contributed by atoms with Gasteiger partial charge in [0.25, 0.3) is 0 Å². The number of aryl methyl sites for hydroxylation is 2. The molecule has 0 aliphatic carbocycles. The number of anilines is 2. The number of hydrogen-bond donors (Lipinski definition) is 1. The number of aromatic nitrogens is 1. The number of carbonyl (C=O) groups is 1. The van der Waals surface area contributed by atoms with Crippen molar-refractivity contribution in [2.75, 3.05) is 16.8 Å². The summed E-state index contributed by atoms with van der Waals surface area (Å²) < 4.78 is 0. The highest BCUT2D eigenvalue weighted by Crippen LogP contribution is 2.30. The molecule has 0 spiro atoms. The molecule has 5 heteroatoms. The van der Waals surface area contributed by atoms with Crippen molar-refractivity contribution in [1.82, 2.24) is 4.98 Å². The van der Waals surface area contributed by atoms with Gasteiger partial charge in [-0.15, -0.1) is 11.3 Å². The van der Waals surface area contributed by atoms with Crippen molar-refractivity contribution in [3.63, 3.8) is 0 Å². The van der Waals surface area contributed by atoms with E-state index in [0.717, 1.165) is 22.1 Å². The fourth-order valence-corrected chi connectivity index (χ4v) is 3.16. The molecule has 3 rings (SSSR count). The van der Waals surface area contributed by atoms with Crippen LogP contribution in [0.4, 0.5) is 11.4 Å². The standard InChI is InChI=1S/C14H15N3OS/c1-9-10(2)19-14(15-9)8-17-7-13(18)16-11-5-3-4-6-12(11)17/h3-6H,7-8H2,1-2H3,(H,16,18). The summed E-state index contributed by atoms with van der Waals surface area (Å²) in [6, 6.07) is 7.88. The number of para-hydroxylation sites is 2. The number of rotatable bonds is 2. The summed E-state index contributed by atoms with van der Waals surface area (Å²) in [7, 11) is 0. The fourth-order valence-electron chi connectivity index (χ4n) is 2.21. The van der Waals surface area contributed by atoms with Crippen LogP contribution in [0.1, 0.15) is 15.6 Å². The Bertz CT molecular complexity index is 616. The summed E-state index contributed by atoms with van der Waals surface area (Å²) in [5, 5.41) is 3.95. The summed E-state index contributed by atoms with van der Waals surface area (Å²) in [6.07, 6.45) is 0. The first-order chi connectivity index (χ1) is 9.13. The number of benzene rings is 1. The van der Waals surface area contributed by atoms with E-state index in [9.17, 15) is 4.79 Å². The molecular weight excluding hydrogens is 258 g/mol. The monoisotopic (exact) mass is 273 g/mol. The van der Waals surface area contributed by atoms with Gasteiger partial charge in [0, 0.05) is 4.88 Å². The summed E-state index contributed by atoms with van der Waals surface area (Å²) in [4.78, 5) is 19.6. The van der Waals surface area contributed by atoms with Crippen LogP contribution in [-0.4, -0.2) is 17.4 Å². The minimum atomic E-state index is 0.0312. The number of nitrogens with one attached hydrogen (secondary N) is 1. The molecule has 19 heavy (non-hydrogen) atoms. The minimum Gasteiger partial charge on any atom is -0.354 e. The first-order valence-corrected chi connectivity index (χ1v) is 7.02. The molecule has 1 amide bonds. The fraction of sp³-hybridized carbons (Fsp3) is 0.286. The molecule has 0 saturated heterocycles. The molecule has 0 atom stereocenters. The number of hydrogen-bond acceptors (Lipinski definition) is 4. The van der Waals surface area contributed by atoms with Gasteiger partial charge in [-0.3, -0.25) is 4.79 Å². The summed E-state index contributed by atoms with van der Waals surface area (Å²) in [5.41, 5.74) is 3.02. The lowest BCUT2D eigenvalue weighted by molar-refractivity contribution is -0.115. The summed E-state index contributed by atoms with van der Waals surface area (Å²) in [5.74, 6) is 0.0312. The van der Waals surface area contributed by atoms with Crippen LogP contribution in [0.3, 0.4) is 0 Å². The van der Waals surface area contributed by atoms with E-state index in [1.54, 1.807) is 11.3 Å². The van der Waals surface area contributed by atoms with Gasteiger partial charge in [-0.05, 0) is 26.0 Å². The minimum absolute atomic E-state index is 0.0312. The van der Waals surface area contributed by atoms with Gasteiger partial charge >= 0.3 is 0 Å². The van der Waals surface area contributed by atoms with E-state index < -0.39 is 0 Å². The van der Waals surface area contributed by atoms with Crippen molar-refractivity contribution in [3.8, 4) is 0 Å². The maximum Gasteiger partial charge on any atom is 0.243 e. The summed E-state index contributed by atoms with van der Waals surface area (Å²) in [6.45, 7) is 5.16. The van der Waals surface area contributed by atoms with Gasteiger partial charge in [0.05, 0.1) is 30.2 Å². The summed E-state index contributed by atoms with van der Waals surface area (Å²) >= 11 is 1.70. The van der Waals surface area contributed by atoms with Crippen molar-refractivity contribution >= 4 is 28.6 Å². The van der Waals surface area contributed by atoms with Crippen LogP contribution in [0.25, 0.3) is 0 Å². The zero-order chi connectivity index (χ0) is 13.4. The second-order valence-corrected chi connectivity index (χ2v) is 5.96.